The molecule has 37 heavy (non-hydrogen) atoms. The van der Waals surface area contributed by atoms with Gasteiger partial charge in [0.25, 0.3) is 5.91 Å². The van der Waals surface area contributed by atoms with E-state index >= 15 is 0 Å². The molecular formula is C30H28BrN3O3. The van der Waals surface area contributed by atoms with E-state index in [4.69, 9.17) is 4.74 Å². The summed E-state index contributed by atoms with van der Waals surface area (Å²) in [7, 11) is 1.64. The van der Waals surface area contributed by atoms with Crippen molar-refractivity contribution in [3.05, 3.63) is 111 Å². The summed E-state index contributed by atoms with van der Waals surface area (Å²) in [4.78, 5) is 31.8. The van der Waals surface area contributed by atoms with Crippen molar-refractivity contribution in [3.63, 3.8) is 0 Å². The lowest BCUT2D eigenvalue weighted by molar-refractivity contribution is -0.116. The lowest BCUT2D eigenvalue weighted by Crippen LogP contribution is -2.37. The molecule has 2 aliphatic rings. The summed E-state index contributed by atoms with van der Waals surface area (Å²) >= 11 is 3.67. The lowest BCUT2D eigenvalue weighted by atomic mass is 9.71. The van der Waals surface area contributed by atoms with Gasteiger partial charge in [-0.15, -0.1) is 0 Å². The summed E-state index contributed by atoms with van der Waals surface area (Å²) in [5, 5.41) is 6.37. The van der Waals surface area contributed by atoms with Crippen LogP contribution in [-0.4, -0.2) is 23.8 Å². The van der Waals surface area contributed by atoms with Crippen LogP contribution in [0.5, 0.6) is 5.75 Å². The number of carbonyl (C=O) groups is 2. The van der Waals surface area contributed by atoms with Crippen LogP contribution in [0.1, 0.15) is 48.3 Å². The summed E-state index contributed by atoms with van der Waals surface area (Å²) < 4.78 is 6.15. The Labute approximate surface area is 225 Å². The Kier molecular flexibility index (Phi) is 6.98. The van der Waals surface area contributed by atoms with Crippen LogP contribution in [-0.2, 0) is 9.59 Å². The minimum absolute atomic E-state index is 0.0431. The standard InChI is InChI=1S/C30H28BrN3O3/c1-17-8-13-26(32-16-17)34-30(36)27-18(2)33-24-14-20(19-9-11-21(37-3)12-10-19)15-25(35)29(24)28(27)22-6-4-5-7-23(22)31/h4-13,16,20,28,33H,14-15H2,1-3H3,(H,32,34,36). The van der Waals surface area contributed by atoms with Gasteiger partial charge in [0.2, 0.25) is 0 Å². The van der Waals surface area contributed by atoms with Gasteiger partial charge < -0.3 is 15.4 Å². The number of ketones is 1. The summed E-state index contributed by atoms with van der Waals surface area (Å²) in [6, 6.07) is 19.3. The smallest absolute Gasteiger partial charge is 0.255 e. The highest BCUT2D eigenvalue weighted by Crippen LogP contribution is 2.47. The second kappa shape index (κ2) is 10.3. The second-order valence-corrected chi connectivity index (χ2v) is 10.3. The van der Waals surface area contributed by atoms with Gasteiger partial charge in [0.05, 0.1) is 7.11 Å². The molecule has 0 radical (unpaired) electrons. The number of aromatic nitrogens is 1. The number of amides is 1. The number of allylic oxidation sites excluding steroid dienone is 3. The van der Waals surface area contributed by atoms with Crippen LogP contribution in [0.4, 0.5) is 5.82 Å². The van der Waals surface area contributed by atoms with Crippen molar-refractivity contribution in [3.8, 4) is 5.75 Å². The number of rotatable bonds is 5. The molecule has 188 valence electrons. The lowest BCUT2D eigenvalue weighted by Gasteiger charge is -2.37. The number of hydrogen-bond donors (Lipinski definition) is 2. The van der Waals surface area contributed by atoms with Crippen molar-refractivity contribution in [2.24, 2.45) is 0 Å². The highest BCUT2D eigenvalue weighted by atomic mass is 79.9. The molecule has 0 spiro atoms. The Hall–Kier alpha value is -3.71. The number of anilines is 1. The molecule has 2 heterocycles. The predicted octanol–water partition coefficient (Wildman–Crippen LogP) is 6.16. The van der Waals surface area contributed by atoms with Crippen molar-refractivity contribution in [2.75, 3.05) is 12.4 Å². The quantitative estimate of drug-likeness (QED) is 0.392. The molecule has 3 aromatic rings. The summed E-state index contributed by atoms with van der Waals surface area (Å²) in [6.07, 6.45) is 2.77. The van der Waals surface area contributed by atoms with E-state index in [0.29, 0.717) is 29.8 Å². The number of halogens is 1. The van der Waals surface area contributed by atoms with Crippen molar-refractivity contribution >= 4 is 33.4 Å². The molecule has 1 aliphatic carbocycles. The first-order valence-electron chi connectivity index (χ1n) is 12.2. The number of nitrogens with one attached hydrogen (secondary N) is 2. The van der Waals surface area contributed by atoms with E-state index in [1.165, 1.54) is 0 Å². The van der Waals surface area contributed by atoms with Crippen LogP contribution in [0.15, 0.2) is 93.9 Å². The van der Waals surface area contributed by atoms with Crippen LogP contribution in [0.2, 0.25) is 0 Å². The van der Waals surface area contributed by atoms with Crippen LogP contribution < -0.4 is 15.4 Å². The summed E-state index contributed by atoms with van der Waals surface area (Å²) in [6.45, 7) is 3.84. The van der Waals surface area contributed by atoms with Crippen molar-refractivity contribution < 1.29 is 14.3 Å². The normalized spacial score (nSPS) is 19.3. The molecule has 5 rings (SSSR count). The van der Waals surface area contributed by atoms with Crippen LogP contribution in [0, 0.1) is 6.92 Å². The first-order valence-corrected chi connectivity index (χ1v) is 13.0. The number of methoxy groups -OCH3 is 1. The molecule has 1 aromatic heterocycles. The Morgan fingerprint density at radius 1 is 1.05 bits per heavy atom. The minimum atomic E-state index is -0.499. The predicted molar refractivity (Wildman–Crippen MR) is 147 cm³/mol. The van der Waals surface area contributed by atoms with E-state index in [-0.39, 0.29) is 17.6 Å². The number of ether oxygens (including phenoxy) is 1. The molecule has 1 aliphatic heterocycles. The van der Waals surface area contributed by atoms with E-state index < -0.39 is 5.92 Å². The van der Waals surface area contributed by atoms with E-state index in [1.807, 2.05) is 68.4 Å². The van der Waals surface area contributed by atoms with Gasteiger partial charge in [-0.25, -0.2) is 4.98 Å². The average molecular weight is 558 g/mol. The van der Waals surface area contributed by atoms with Crippen molar-refractivity contribution in [2.45, 2.75) is 38.5 Å². The first kappa shape index (κ1) is 25.0. The molecule has 0 saturated heterocycles. The molecule has 2 N–H and O–H groups in total. The van der Waals surface area contributed by atoms with Gasteiger partial charge in [-0.3, -0.25) is 9.59 Å². The number of hydrogen-bond acceptors (Lipinski definition) is 5. The minimum Gasteiger partial charge on any atom is -0.497 e. The highest BCUT2D eigenvalue weighted by Gasteiger charge is 2.41. The molecule has 7 heteroatoms. The fraction of sp³-hybridized carbons (Fsp3) is 0.233. The Bertz CT molecular complexity index is 1430. The number of nitrogens with zero attached hydrogens (tertiary/aromatic N) is 1. The van der Waals surface area contributed by atoms with E-state index in [2.05, 4.69) is 31.5 Å². The van der Waals surface area contributed by atoms with E-state index in [9.17, 15) is 9.59 Å². The average Bonchev–Trinajstić information content (AvgIpc) is 2.89. The molecule has 1 amide bonds. The molecular weight excluding hydrogens is 530 g/mol. The van der Waals surface area contributed by atoms with Crippen LogP contribution in [0.3, 0.4) is 0 Å². The number of benzene rings is 2. The van der Waals surface area contributed by atoms with Gasteiger partial charge in [-0.05, 0) is 67.1 Å². The molecule has 6 nitrogen and oxygen atoms in total. The third-order valence-electron chi connectivity index (χ3n) is 7.03. The largest absolute Gasteiger partial charge is 0.497 e. The number of carbonyl (C=O) groups excluding carboxylic acids is 2. The number of pyridine rings is 1. The maximum atomic E-state index is 13.8. The van der Waals surface area contributed by atoms with Crippen LogP contribution in [0.25, 0.3) is 0 Å². The maximum absolute atomic E-state index is 13.8. The third-order valence-corrected chi connectivity index (χ3v) is 7.75. The molecule has 0 fully saturated rings. The van der Waals surface area contributed by atoms with E-state index in [0.717, 1.165) is 38.3 Å². The monoisotopic (exact) mass is 557 g/mol. The fourth-order valence-corrected chi connectivity index (χ4v) is 5.71. The highest BCUT2D eigenvalue weighted by molar-refractivity contribution is 9.10. The van der Waals surface area contributed by atoms with Gasteiger partial charge in [-0.2, -0.15) is 0 Å². The molecule has 0 saturated carbocycles. The van der Waals surface area contributed by atoms with Gasteiger partial charge in [0, 0.05) is 45.5 Å². The van der Waals surface area contributed by atoms with Crippen molar-refractivity contribution in [1.29, 1.82) is 0 Å². The molecule has 0 bridgehead atoms. The second-order valence-electron chi connectivity index (χ2n) is 9.49. The molecule has 2 unspecified atom stereocenters. The Morgan fingerprint density at radius 3 is 2.49 bits per heavy atom. The Balaban J connectivity index is 1.54. The zero-order valence-electron chi connectivity index (χ0n) is 21.0. The number of aryl methyl sites for hydroxylation is 1. The van der Waals surface area contributed by atoms with Gasteiger partial charge in [0.15, 0.2) is 5.78 Å². The van der Waals surface area contributed by atoms with Gasteiger partial charge in [-0.1, -0.05) is 52.3 Å². The zero-order valence-corrected chi connectivity index (χ0v) is 22.6. The number of dihydropyridines is 1. The summed E-state index contributed by atoms with van der Waals surface area (Å²) in [5.74, 6) is 0.565. The fourth-order valence-electron chi connectivity index (χ4n) is 5.20. The molecule has 2 atom stereocenters. The van der Waals surface area contributed by atoms with Gasteiger partial charge >= 0.3 is 0 Å². The SMILES string of the molecule is COc1ccc(C2CC(=O)C3=C(C2)NC(C)=C(C(=O)Nc2ccc(C)cn2)C3c2ccccc2Br)cc1. The summed E-state index contributed by atoms with van der Waals surface area (Å²) in [5.41, 5.74) is 5.76. The number of Topliss-reactive ketones (excluding diaryl/α,β-unsaturated/α-hetero) is 1. The topological polar surface area (TPSA) is 80.3 Å². The molecule has 2 aromatic carbocycles. The van der Waals surface area contributed by atoms with E-state index in [1.54, 1.807) is 19.4 Å². The third kappa shape index (κ3) is 4.96. The van der Waals surface area contributed by atoms with Gasteiger partial charge in [0.1, 0.15) is 11.6 Å². The first-order chi connectivity index (χ1) is 17.9. The van der Waals surface area contributed by atoms with Crippen molar-refractivity contribution in [1.82, 2.24) is 10.3 Å². The zero-order chi connectivity index (χ0) is 26.1. The maximum Gasteiger partial charge on any atom is 0.255 e. The van der Waals surface area contributed by atoms with Crippen LogP contribution >= 0.6 is 15.9 Å². The Morgan fingerprint density at radius 2 is 1.81 bits per heavy atom.